The van der Waals surface area contributed by atoms with Crippen molar-refractivity contribution in [3.8, 4) is 18.2 Å². The van der Waals surface area contributed by atoms with E-state index in [1.807, 2.05) is 31.2 Å². The highest BCUT2D eigenvalue weighted by atomic mass is 35.5. The first-order valence-electron chi connectivity index (χ1n) is 6.59. The van der Waals surface area contributed by atoms with Crippen LogP contribution in [0.2, 0.25) is 5.02 Å². The molecule has 7 heteroatoms. The molecule has 4 N–H and O–H groups in total. The van der Waals surface area contributed by atoms with Crippen molar-refractivity contribution >= 4 is 28.9 Å². The quantitative estimate of drug-likeness (QED) is 0.898. The van der Waals surface area contributed by atoms with Crippen molar-refractivity contribution in [2.24, 2.45) is 0 Å². The van der Waals surface area contributed by atoms with Crippen molar-refractivity contribution in [1.29, 1.82) is 15.8 Å². The first-order valence-corrected chi connectivity index (χ1v) is 6.97. The van der Waals surface area contributed by atoms with Crippen LogP contribution < -0.4 is 16.0 Å². The van der Waals surface area contributed by atoms with Crippen molar-refractivity contribution in [3.63, 3.8) is 0 Å². The van der Waals surface area contributed by atoms with Crippen molar-refractivity contribution in [2.45, 2.75) is 13.3 Å². The highest BCUT2D eigenvalue weighted by Gasteiger charge is 2.22. The molecule has 0 atom stereocenters. The minimum atomic E-state index is -0.0894. The monoisotopic (exact) mass is 323 g/mol. The zero-order chi connectivity index (χ0) is 17.0. The van der Waals surface area contributed by atoms with E-state index in [0.29, 0.717) is 22.1 Å². The summed E-state index contributed by atoms with van der Waals surface area (Å²) in [5.41, 5.74) is 8.04. The number of benzene rings is 1. The number of halogens is 1. The predicted molar refractivity (Wildman–Crippen MR) is 85.6 cm³/mol. The van der Waals surface area contributed by atoms with Gasteiger partial charge in [0, 0.05) is 10.6 Å². The first kappa shape index (κ1) is 16.1. The lowest BCUT2D eigenvalue weighted by molar-refractivity contribution is -0.343. The average Bonchev–Trinajstić information content (AvgIpc) is 2.51. The van der Waals surface area contributed by atoms with Crippen LogP contribution in [-0.4, -0.2) is 0 Å². The maximum atomic E-state index is 9.44. The second-order valence-corrected chi connectivity index (χ2v) is 5.22. The number of aryl methyl sites for hydroxylation is 1. The summed E-state index contributed by atoms with van der Waals surface area (Å²) < 4.78 is 0. The number of nitrogens with zero attached hydrogens (tertiary/aromatic N) is 3. The fraction of sp³-hybridized carbons (Fsp3) is 0.125. The number of anilines is 3. The maximum Gasteiger partial charge on any atom is 0.242 e. The molecule has 0 radical (unpaired) electrons. The largest absolute Gasteiger partial charge is 0.318 e. The third-order valence-corrected chi connectivity index (χ3v) is 3.56. The Morgan fingerprint density at radius 3 is 2.52 bits per heavy atom. The second kappa shape index (κ2) is 6.66. The predicted octanol–water partition coefficient (Wildman–Crippen LogP) is 2.60. The van der Waals surface area contributed by atoms with E-state index in [-0.39, 0.29) is 23.4 Å². The first-order chi connectivity index (χ1) is 11.0. The number of aromatic amines is 1. The van der Waals surface area contributed by atoms with E-state index in [4.69, 9.17) is 22.6 Å². The number of hydrogen-bond acceptors (Lipinski definition) is 5. The van der Waals surface area contributed by atoms with Crippen LogP contribution in [0.1, 0.15) is 22.3 Å². The SMILES string of the molecule is Cc1ccc(Cl)cc1Nc1[nH+]c(N)c(C#N)c(CC#N)c1C#N. The molecule has 2 aromatic rings. The topological polar surface area (TPSA) is 124 Å². The highest BCUT2D eigenvalue weighted by Crippen LogP contribution is 2.27. The molecule has 1 aromatic heterocycles. The standard InChI is InChI=1S/C16H11ClN6/c1-9-2-3-10(17)6-14(9)22-16-13(8-20)11(4-5-18)12(7-19)15(21)23-16/h2-3,6H,4H2,1H3,(H3,21,22,23)/p+1. The van der Waals surface area contributed by atoms with Gasteiger partial charge in [0.1, 0.15) is 29.0 Å². The van der Waals surface area contributed by atoms with Crippen LogP contribution in [0.15, 0.2) is 18.2 Å². The van der Waals surface area contributed by atoms with Crippen LogP contribution in [0.25, 0.3) is 0 Å². The zero-order valence-electron chi connectivity index (χ0n) is 12.2. The number of nitrogens with one attached hydrogen (secondary N) is 2. The number of H-pyrrole nitrogens is 1. The zero-order valence-corrected chi connectivity index (χ0v) is 13.0. The smallest absolute Gasteiger partial charge is 0.242 e. The Labute approximate surface area is 138 Å². The molecule has 0 aliphatic carbocycles. The van der Waals surface area contributed by atoms with Gasteiger partial charge in [-0.05, 0) is 24.6 Å². The molecule has 1 aromatic carbocycles. The number of nitrogens with two attached hydrogens (primary N) is 1. The van der Waals surface area contributed by atoms with Crippen molar-refractivity contribution in [2.75, 3.05) is 11.1 Å². The van der Waals surface area contributed by atoms with Crippen molar-refractivity contribution in [1.82, 2.24) is 0 Å². The molecule has 0 spiro atoms. The summed E-state index contributed by atoms with van der Waals surface area (Å²) in [7, 11) is 0. The lowest BCUT2D eigenvalue weighted by atomic mass is 10.0. The summed E-state index contributed by atoms with van der Waals surface area (Å²) in [5.74, 6) is 0.415. The Morgan fingerprint density at radius 2 is 1.91 bits per heavy atom. The van der Waals surface area contributed by atoms with Gasteiger partial charge in [-0.25, -0.2) is 4.98 Å². The fourth-order valence-electron chi connectivity index (χ4n) is 2.16. The van der Waals surface area contributed by atoms with Gasteiger partial charge in [-0.2, -0.15) is 15.8 Å². The second-order valence-electron chi connectivity index (χ2n) is 4.78. The van der Waals surface area contributed by atoms with Gasteiger partial charge < -0.3 is 5.73 Å². The molecule has 0 bridgehead atoms. The number of rotatable bonds is 3. The molecule has 0 aliphatic heterocycles. The molecule has 112 valence electrons. The van der Waals surface area contributed by atoms with Gasteiger partial charge in [-0.1, -0.05) is 17.7 Å². The van der Waals surface area contributed by atoms with Gasteiger partial charge in [0.2, 0.25) is 11.6 Å². The van der Waals surface area contributed by atoms with Crippen LogP contribution in [0, 0.1) is 40.9 Å². The van der Waals surface area contributed by atoms with Crippen molar-refractivity contribution < 1.29 is 4.98 Å². The molecule has 0 saturated heterocycles. The molecule has 0 saturated carbocycles. The minimum Gasteiger partial charge on any atom is -0.318 e. The summed E-state index contributed by atoms with van der Waals surface area (Å²) >= 11 is 5.99. The van der Waals surface area contributed by atoms with Gasteiger partial charge in [-0.3, -0.25) is 5.32 Å². The van der Waals surface area contributed by atoms with Gasteiger partial charge in [-0.15, -0.1) is 0 Å². The normalized spacial score (nSPS) is 9.52. The summed E-state index contributed by atoms with van der Waals surface area (Å²) in [4.78, 5) is 2.81. The average molecular weight is 324 g/mol. The fourth-order valence-corrected chi connectivity index (χ4v) is 2.33. The Kier molecular flexibility index (Phi) is 4.66. The maximum absolute atomic E-state index is 9.44. The summed E-state index contributed by atoms with van der Waals surface area (Å²) in [6.07, 6.45) is -0.0894. The molecule has 0 amide bonds. The number of hydrogen-bond donors (Lipinski definition) is 2. The summed E-state index contributed by atoms with van der Waals surface area (Å²) in [5, 5.41) is 31.2. The Hall–Kier alpha value is -3.27. The molecule has 1 heterocycles. The van der Waals surface area contributed by atoms with E-state index in [9.17, 15) is 10.5 Å². The van der Waals surface area contributed by atoms with Crippen LogP contribution in [0.3, 0.4) is 0 Å². The number of nitrogen functional groups attached to an aromatic ring is 1. The number of nitriles is 3. The van der Waals surface area contributed by atoms with E-state index in [0.717, 1.165) is 5.56 Å². The van der Waals surface area contributed by atoms with E-state index >= 15 is 0 Å². The van der Waals surface area contributed by atoms with Gasteiger partial charge in [0.05, 0.1) is 12.5 Å². The number of pyridine rings is 1. The van der Waals surface area contributed by atoms with Gasteiger partial charge >= 0.3 is 0 Å². The molecular formula is C16H12ClN6+. The molecule has 0 fully saturated rings. The lowest BCUT2D eigenvalue weighted by Crippen LogP contribution is -2.21. The van der Waals surface area contributed by atoms with Gasteiger partial charge in [0.15, 0.2) is 0 Å². The van der Waals surface area contributed by atoms with E-state index in [2.05, 4.69) is 10.3 Å². The molecule has 6 nitrogen and oxygen atoms in total. The molecule has 2 rings (SSSR count). The third-order valence-electron chi connectivity index (χ3n) is 3.32. The Bertz CT molecular complexity index is 899. The summed E-state index contributed by atoms with van der Waals surface area (Å²) in [6.45, 7) is 1.88. The van der Waals surface area contributed by atoms with Crippen molar-refractivity contribution in [3.05, 3.63) is 45.5 Å². The molecule has 0 aliphatic rings. The van der Waals surface area contributed by atoms with E-state index in [1.54, 1.807) is 12.1 Å². The van der Waals surface area contributed by atoms with Crippen LogP contribution in [-0.2, 0) is 6.42 Å². The van der Waals surface area contributed by atoms with Crippen LogP contribution in [0.5, 0.6) is 0 Å². The number of aromatic nitrogens is 1. The molecule has 0 unspecified atom stereocenters. The molecular weight excluding hydrogens is 312 g/mol. The van der Waals surface area contributed by atoms with Crippen LogP contribution >= 0.6 is 11.6 Å². The summed E-state index contributed by atoms with van der Waals surface area (Å²) in [6, 6.07) is 11.2. The third kappa shape index (κ3) is 3.16. The van der Waals surface area contributed by atoms with E-state index in [1.165, 1.54) is 0 Å². The van der Waals surface area contributed by atoms with Crippen LogP contribution in [0.4, 0.5) is 17.3 Å². The Balaban J connectivity index is 2.64. The Morgan fingerprint density at radius 1 is 1.22 bits per heavy atom. The van der Waals surface area contributed by atoms with E-state index < -0.39 is 0 Å². The molecule has 23 heavy (non-hydrogen) atoms. The lowest BCUT2D eigenvalue weighted by Gasteiger charge is -2.10. The minimum absolute atomic E-state index is 0.0894. The highest BCUT2D eigenvalue weighted by molar-refractivity contribution is 6.30. The van der Waals surface area contributed by atoms with Gasteiger partial charge in [0.25, 0.3) is 0 Å².